The number of rotatable bonds is 4. The largest absolute Gasteiger partial charge is 0.387 e. The molecule has 1 fully saturated rings. The van der Waals surface area contributed by atoms with E-state index in [1.54, 1.807) is 0 Å². The number of aryl methyl sites for hydroxylation is 1. The van der Waals surface area contributed by atoms with Crippen LogP contribution in [0.1, 0.15) is 60.6 Å². The summed E-state index contributed by atoms with van der Waals surface area (Å²) in [5, 5.41) is 10.6. The first kappa shape index (κ1) is 15.9. The van der Waals surface area contributed by atoms with Gasteiger partial charge in [-0.2, -0.15) is 0 Å². The highest BCUT2D eigenvalue weighted by atomic mass is 16.3. The van der Waals surface area contributed by atoms with Crippen LogP contribution in [-0.4, -0.2) is 32.6 Å². The van der Waals surface area contributed by atoms with Gasteiger partial charge in [0, 0.05) is 19.3 Å². The van der Waals surface area contributed by atoms with E-state index in [1.165, 1.54) is 36.5 Å². The van der Waals surface area contributed by atoms with Gasteiger partial charge >= 0.3 is 0 Å². The van der Waals surface area contributed by atoms with Gasteiger partial charge in [0.15, 0.2) is 0 Å². The van der Waals surface area contributed by atoms with Gasteiger partial charge in [-0.1, -0.05) is 30.3 Å². The molecule has 1 N–H and O–H groups in total. The third-order valence-corrected chi connectivity index (χ3v) is 5.66. The number of benzene rings is 1. The zero-order valence-corrected chi connectivity index (χ0v) is 14.5. The maximum absolute atomic E-state index is 10.6. The first-order valence-electron chi connectivity index (χ1n) is 9.25. The highest BCUT2D eigenvalue weighted by Gasteiger charge is 2.32. The summed E-state index contributed by atoms with van der Waals surface area (Å²) < 4.78 is 2.34. The number of nitrogens with zero attached hydrogens (tertiary/aromatic N) is 3. The molecule has 0 bridgehead atoms. The van der Waals surface area contributed by atoms with Gasteiger partial charge in [-0.15, -0.1) is 0 Å². The molecule has 4 heteroatoms. The van der Waals surface area contributed by atoms with Gasteiger partial charge in [-0.25, -0.2) is 4.98 Å². The molecule has 1 aromatic carbocycles. The van der Waals surface area contributed by atoms with E-state index in [-0.39, 0.29) is 0 Å². The highest BCUT2D eigenvalue weighted by Crippen LogP contribution is 2.35. The Kier molecular flexibility index (Phi) is 4.42. The fourth-order valence-corrected chi connectivity index (χ4v) is 4.34. The van der Waals surface area contributed by atoms with Gasteiger partial charge < -0.3 is 9.67 Å². The van der Waals surface area contributed by atoms with Crippen LogP contribution in [0.4, 0.5) is 0 Å². The summed E-state index contributed by atoms with van der Waals surface area (Å²) in [6, 6.07) is 10.3. The molecular weight excluding hydrogens is 298 g/mol. The van der Waals surface area contributed by atoms with Gasteiger partial charge in [0.05, 0.1) is 17.8 Å². The van der Waals surface area contributed by atoms with E-state index in [0.717, 1.165) is 31.4 Å². The van der Waals surface area contributed by atoms with Crippen LogP contribution in [0.5, 0.6) is 0 Å². The number of fused-ring (bicyclic) bond motifs is 1. The lowest BCUT2D eigenvalue weighted by atomic mass is 10.0. The number of likely N-dealkylation sites (tertiary alicyclic amines) is 1. The van der Waals surface area contributed by atoms with Crippen LogP contribution in [0.2, 0.25) is 0 Å². The standard InChI is InChI=1S/C20H27N3O/c1-22-17-11-6-5-10-16(17)21-20(22)18-12-7-13-23(18)14-19(24)15-8-3-2-4-9-15/h2-4,8-9,18-19,24H,5-7,10-14H2,1H3/t18-,19+/m0/s1. The maximum atomic E-state index is 10.6. The van der Waals surface area contributed by atoms with Crippen LogP contribution in [0.3, 0.4) is 0 Å². The van der Waals surface area contributed by atoms with Crippen molar-refractivity contribution in [2.75, 3.05) is 13.1 Å². The number of aliphatic hydroxyl groups excluding tert-OH is 1. The summed E-state index contributed by atoms with van der Waals surface area (Å²) in [6.07, 6.45) is 6.74. The van der Waals surface area contributed by atoms with E-state index < -0.39 is 6.10 Å². The quantitative estimate of drug-likeness (QED) is 0.939. The molecule has 128 valence electrons. The molecule has 2 atom stereocenters. The molecule has 4 nitrogen and oxygen atoms in total. The molecule has 0 spiro atoms. The number of hydrogen-bond donors (Lipinski definition) is 1. The molecule has 0 unspecified atom stereocenters. The molecule has 4 rings (SSSR count). The van der Waals surface area contributed by atoms with E-state index in [2.05, 4.69) is 16.5 Å². The van der Waals surface area contributed by atoms with Crippen molar-refractivity contribution in [2.45, 2.75) is 50.7 Å². The van der Waals surface area contributed by atoms with Gasteiger partial charge in [-0.05, 0) is 50.6 Å². The Morgan fingerprint density at radius 1 is 1.17 bits per heavy atom. The lowest BCUT2D eigenvalue weighted by Gasteiger charge is -2.26. The van der Waals surface area contributed by atoms with Crippen LogP contribution >= 0.6 is 0 Å². The van der Waals surface area contributed by atoms with Crippen molar-refractivity contribution in [1.82, 2.24) is 14.5 Å². The van der Waals surface area contributed by atoms with Gasteiger partial charge in [-0.3, -0.25) is 4.90 Å². The molecule has 2 heterocycles. The summed E-state index contributed by atoms with van der Waals surface area (Å²) in [6.45, 7) is 1.73. The molecule has 1 aliphatic heterocycles. The predicted octanol–water partition coefficient (Wildman–Crippen LogP) is 3.17. The minimum Gasteiger partial charge on any atom is -0.387 e. The maximum Gasteiger partial charge on any atom is 0.126 e. The molecule has 24 heavy (non-hydrogen) atoms. The molecule has 2 aliphatic rings. The van der Waals surface area contributed by atoms with Gasteiger partial charge in [0.1, 0.15) is 5.82 Å². The van der Waals surface area contributed by atoms with E-state index in [1.807, 2.05) is 30.3 Å². The first-order valence-corrected chi connectivity index (χ1v) is 9.25. The fourth-order valence-electron chi connectivity index (χ4n) is 4.34. The average molecular weight is 325 g/mol. The zero-order valence-electron chi connectivity index (χ0n) is 14.5. The Morgan fingerprint density at radius 3 is 2.75 bits per heavy atom. The topological polar surface area (TPSA) is 41.3 Å². The van der Waals surface area contributed by atoms with E-state index in [9.17, 15) is 5.11 Å². The van der Waals surface area contributed by atoms with Crippen molar-refractivity contribution in [1.29, 1.82) is 0 Å². The Hall–Kier alpha value is -1.65. The van der Waals surface area contributed by atoms with Crippen molar-refractivity contribution in [3.63, 3.8) is 0 Å². The number of aliphatic hydroxyl groups is 1. The van der Waals surface area contributed by atoms with Crippen molar-refractivity contribution in [3.8, 4) is 0 Å². The van der Waals surface area contributed by atoms with Crippen molar-refractivity contribution >= 4 is 0 Å². The number of imidazole rings is 1. The molecule has 0 amide bonds. The molecule has 2 aromatic rings. The summed E-state index contributed by atoms with van der Waals surface area (Å²) in [4.78, 5) is 7.42. The Labute approximate surface area is 144 Å². The van der Waals surface area contributed by atoms with Crippen molar-refractivity contribution in [2.24, 2.45) is 7.05 Å². The lowest BCUT2D eigenvalue weighted by molar-refractivity contribution is 0.103. The summed E-state index contributed by atoms with van der Waals surface area (Å²) in [5.74, 6) is 1.21. The molecule has 0 radical (unpaired) electrons. The Morgan fingerprint density at radius 2 is 1.96 bits per heavy atom. The SMILES string of the molecule is Cn1c([C@@H]2CCCN2C[C@@H](O)c2ccccc2)nc2c1CCCC2. The van der Waals surface area contributed by atoms with Crippen molar-refractivity contribution < 1.29 is 5.11 Å². The highest BCUT2D eigenvalue weighted by molar-refractivity contribution is 5.22. The van der Waals surface area contributed by atoms with Gasteiger partial charge in [0.2, 0.25) is 0 Å². The summed E-state index contributed by atoms with van der Waals surface area (Å²) >= 11 is 0. The van der Waals surface area contributed by atoms with Crippen molar-refractivity contribution in [3.05, 3.63) is 53.1 Å². The third kappa shape index (κ3) is 2.89. The van der Waals surface area contributed by atoms with Crippen LogP contribution in [0, 0.1) is 0 Å². The summed E-state index contributed by atoms with van der Waals surface area (Å²) in [7, 11) is 2.18. The van der Waals surface area contributed by atoms with Crippen LogP contribution < -0.4 is 0 Å². The fraction of sp³-hybridized carbons (Fsp3) is 0.550. The van der Waals surface area contributed by atoms with Crippen LogP contribution in [0.15, 0.2) is 30.3 Å². The van der Waals surface area contributed by atoms with Crippen LogP contribution in [0.25, 0.3) is 0 Å². The van der Waals surface area contributed by atoms with Crippen LogP contribution in [-0.2, 0) is 19.9 Å². The Bertz CT molecular complexity index is 694. The molecule has 1 saturated heterocycles. The second-order valence-electron chi connectivity index (χ2n) is 7.21. The molecular formula is C20H27N3O. The van der Waals surface area contributed by atoms with E-state index >= 15 is 0 Å². The lowest BCUT2D eigenvalue weighted by Crippen LogP contribution is -2.30. The number of aromatic nitrogens is 2. The normalized spacial score (nSPS) is 22.5. The monoisotopic (exact) mass is 325 g/mol. The molecule has 1 aliphatic carbocycles. The first-order chi connectivity index (χ1) is 11.7. The predicted molar refractivity (Wildman–Crippen MR) is 94.8 cm³/mol. The summed E-state index contributed by atoms with van der Waals surface area (Å²) in [5.41, 5.74) is 3.75. The van der Waals surface area contributed by atoms with E-state index in [0.29, 0.717) is 12.6 Å². The van der Waals surface area contributed by atoms with E-state index in [4.69, 9.17) is 4.98 Å². The minimum atomic E-state index is -0.429. The second-order valence-corrected chi connectivity index (χ2v) is 7.21. The average Bonchev–Trinajstić information content (AvgIpc) is 3.20. The zero-order chi connectivity index (χ0) is 16.5. The second kappa shape index (κ2) is 6.69. The molecule has 0 saturated carbocycles. The number of β-amino-alcohol motifs (C(OH)–C–C–N with tert-alkyl or cyclic N) is 1. The molecule has 1 aromatic heterocycles. The van der Waals surface area contributed by atoms with Gasteiger partial charge in [0.25, 0.3) is 0 Å². The smallest absolute Gasteiger partial charge is 0.126 e. The third-order valence-electron chi connectivity index (χ3n) is 5.66. The minimum absolute atomic E-state index is 0.346. The number of hydrogen-bond acceptors (Lipinski definition) is 3. The Balaban J connectivity index is 1.54.